The third kappa shape index (κ3) is 12.4. The van der Waals surface area contributed by atoms with E-state index in [1.165, 1.54) is 11.1 Å². The molecular formula is C50H58BBrN4O6. The van der Waals surface area contributed by atoms with E-state index in [2.05, 4.69) is 85.1 Å². The Morgan fingerprint density at radius 1 is 0.629 bits per heavy atom. The number of benzene rings is 4. The van der Waals surface area contributed by atoms with E-state index in [0.29, 0.717) is 17.2 Å². The van der Waals surface area contributed by atoms with E-state index in [1.807, 2.05) is 87.8 Å². The average molecular weight is 902 g/mol. The van der Waals surface area contributed by atoms with E-state index in [4.69, 9.17) is 19.5 Å². The van der Waals surface area contributed by atoms with Crippen LogP contribution < -0.4 is 24.7 Å². The lowest BCUT2D eigenvalue weighted by molar-refractivity contribution is 0.215. The van der Waals surface area contributed by atoms with Crippen molar-refractivity contribution < 1.29 is 29.7 Å². The van der Waals surface area contributed by atoms with Gasteiger partial charge in [-0.1, -0.05) is 96.5 Å². The Bertz CT molecular complexity index is 2330. The molecule has 0 unspecified atom stereocenters. The molecule has 2 aliphatic heterocycles. The second kappa shape index (κ2) is 22.7. The summed E-state index contributed by atoms with van der Waals surface area (Å²) in [5, 5.41) is 37.4. The van der Waals surface area contributed by atoms with Gasteiger partial charge < -0.3 is 39.5 Å². The van der Waals surface area contributed by atoms with Crippen LogP contribution in [0.3, 0.4) is 0 Å². The van der Waals surface area contributed by atoms with Gasteiger partial charge in [0.25, 0.3) is 0 Å². The fraction of sp³-hybridized carbons (Fsp3) is 0.320. The minimum Gasteiger partial charge on any atom is -0.472 e. The van der Waals surface area contributed by atoms with Gasteiger partial charge in [-0.05, 0) is 95.9 Å². The number of rotatable bonds is 12. The number of anilines is 2. The highest BCUT2D eigenvalue weighted by Gasteiger charge is 2.27. The van der Waals surface area contributed by atoms with Crippen LogP contribution in [-0.4, -0.2) is 75.7 Å². The minimum atomic E-state index is -1.34. The lowest BCUT2D eigenvalue weighted by Gasteiger charge is -2.22. The van der Waals surface area contributed by atoms with Crippen LogP contribution in [0.5, 0.6) is 11.8 Å². The van der Waals surface area contributed by atoms with Crippen molar-refractivity contribution in [2.75, 3.05) is 36.0 Å². The van der Waals surface area contributed by atoms with E-state index < -0.39 is 7.12 Å². The van der Waals surface area contributed by atoms with Crippen molar-refractivity contribution in [1.29, 1.82) is 0 Å². The summed E-state index contributed by atoms with van der Waals surface area (Å²) in [6.45, 7) is 11.7. The molecule has 0 radical (unpaired) electrons. The second-order valence-electron chi connectivity index (χ2n) is 15.7. The molecule has 0 saturated carbocycles. The molecule has 4 heterocycles. The molecule has 0 bridgehead atoms. The number of aliphatic hydroxyl groups is 2. The van der Waals surface area contributed by atoms with Crippen molar-refractivity contribution in [2.45, 2.75) is 78.8 Å². The Morgan fingerprint density at radius 2 is 1.15 bits per heavy atom. The Balaban J connectivity index is 0.000000171. The molecule has 6 aromatic rings. The lowest BCUT2D eigenvalue weighted by Crippen LogP contribution is -2.32. The van der Waals surface area contributed by atoms with Gasteiger partial charge >= 0.3 is 7.12 Å². The topological polar surface area (TPSA) is 132 Å². The van der Waals surface area contributed by atoms with Crippen LogP contribution in [0.1, 0.15) is 60.1 Å². The summed E-state index contributed by atoms with van der Waals surface area (Å²) in [5.41, 5.74) is 11.6. The van der Waals surface area contributed by atoms with Crippen LogP contribution in [0, 0.1) is 13.8 Å². The molecule has 2 fully saturated rings. The highest BCUT2D eigenvalue weighted by Crippen LogP contribution is 2.33. The van der Waals surface area contributed by atoms with Crippen LogP contribution in [0.4, 0.5) is 11.4 Å². The molecule has 0 aliphatic carbocycles. The minimum absolute atomic E-state index is 0.0268. The molecule has 2 atom stereocenters. The maximum atomic E-state index is 10.0. The van der Waals surface area contributed by atoms with Gasteiger partial charge in [0.05, 0.1) is 26.3 Å². The summed E-state index contributed by atoms with van der Waals surface area (Å²) >= 11 is 3.45. The summed E-state index contributed by atoms with van der Waals surface area (Å²) in [6, 6.07) is 36.1. The largest absolute Gasteiger partial charge is 0.488 e. The number of aliphatic hydroxyl groups excluding tert-OH is 2. The first-order valence-corrected chi connectivity index (χ1v) is 22.2. The van der Waals surface area contributed by atoms with E-state index in [0.717, 1.165) is 101 Å². The van der Waals surface area contributed by atoms with Crippen molar-refractivity contribution in [3.8, 4) is 22.9 Å². The smallest absolute Gasteiger partial charge is 0.472 e. The molecule has 324 valence electrons. The zero-order valence-corrected chi connectivity index (χ0v) is 37.7. The fourth-order valence-corrected chi connectivity index (χ4v) is 8.28. The molecule has 8 rings (SSSR count). The van der Waals surface area contributed by atoms with Gasteiger partial charge in [0.2, 0.25) is 11.8 Å². The Hall–Kier alpha value is -5.24. The highest BCUT2D eigenvalue weighted by molar-refractivity contribution is 9.10. The monoisotopic (exact) mass is 900 g/mol. The van der Waals surface area contributed by atoms with Crippen LogP contribution in [0.25, 0.3) is 11.1 Å². The molecule has 0 amide bonds. The molecule has 12 heteroatoms. The van der Waals surface area contributed by atoms with Crippen molar-refractivity contribution in [2.24, 2.45) is 0 Å². The van der Waals surface area contributed by atoms with Crippen molar-refractivity contribution in [3.05, 3.63) is 159 Å². The Labute approximate surface area is 375 Å². The lowest BCUT2D eigenvalue weighted by atomic mass is 9.76. The van der Waals surface area contributed by atoms with Crippen molar-refractivity contribution in [1.82, 2.24) is 9.97 Å². The number of hydrogen-bond donors (Lipinski definition) is 4. The second-order valence-corrected chi connectivity index (χ2v) is 16.6. The highest BCUT2D eigenvalue weighted by atomic mass is 79.9. The van der Waals surface area contributed by atoms with Crippen LogP contribution in [-0.2, 0) is 26.1 Å². The SMILES string of the molecule is CCc1ccccc1-c1ccc(N2CC[C@H](Oc3ccc(C)cn3)C2)c(CO)c1.CCc1ccccc1B(O)O.Cc1ccc(O[C@H]2CCN(c3ccc(Br)cc3CO)C2)nc1. The quantitative estimate of drug-likeness (QED) is 0.0897. The van der Waals surface area contributed by atoms with E-state index in [1.54, 1.807) is 12.1 Å². The van der Waals surface area contributed by atoms with Gasteiger partial charge in [0.15, 0.2) is 0 Å². The molecule has 62 heavy (non-hydrogen) atoms. The number of ether oxygens (including phenoxy) is 2. The first kappa shape index (κ1) is 46.3. The molecule has 4 aromatic carbocycles. The van der Waals surface area contributed by atoms with Gasteiger partial charge in [-0.15, -0.1) is 0 Å². The summed E-state index contributed by atoms with van der Waals surface area (Å²) in [4.78, 5) is 13.2. The predicted molar refractivity (Wildman–Crippen MR) is 253 cm³/mol. The fourth-order valence-electron chi connectivity index (χ4n) is 7.87. The summed E-state index contributed by atoms with van der Waals surface area (Å²) in [7, 11) is -1.34. The van der Waals surface area contributed by atoms with Gasteiger partial charge in [-0.3, -0.25) is 0 Å². The van der Waals surface area contributed by atoms with Gasteiger partial charge in [0, 0.05) is 77.4 Å². The molecular weight excluding hydrogens is 843 g/mol. The molecule has 10 nitrogen and oxygen atoms in total. The summed E-state index contributed by atoms with van der Waals surface area (Å²) in [6.07, 6.45) is 7.61. The van der Waals surface area contributed by atoms with Crippen LogP contribution in [0.2, 0.25) is 0 Å². The van der Waals surface area contributed by atoms with E-state index in [9.17, 15) is 10.2 Å². The predicted octanol–water partition coefficient (Wildman–Crippen LogP) is 8.00. The van der Waals surface area contributed by atoms with Crippen molar-refractivity contribution >= 4 is 39.9 Å². The van der Waals surface area contributed by atoms with Crippen LogP contribution >= 0.6 is 15.9 Å². The maximum Gasteiger partial charge on any atom is 0.488 e. The molecule has 0 spiro atoms. The summed E-state index contributed by atoms with van der Waals surface area (Å²) in [5.74, 6) is 1.35. The van der Waals surface area contributed by atoms with Crippen LogP contribution in [0.15, 0.2) is 126 Å². The molecule has 2 aromatic heterocycles. The van der Waals surface area contributed by atoms with E-state index >= 15 is 0 Å². The Kier molecular flexibility index (Phi) is 17.0. The van der Waals surface area contributed by atoms with Gasteiger partial charge in [0.1, 0.15) is 12.2 Å². The number of hydrogen-bond acceptors (Lipinski definition) is 10. The standard InChI is InChI=1S/C25H28N2O2.C17H19BrN2O2.C8H11BO2/c1-3-19-6-4-5-7-23(19)20-9-10-24(21(14-20)17-28)27-13-12-22(16-27)29-25-11-8-18(2)15-26-25;1-12-2-5-17(19-9-12)22-15-6-7-20(10-15)16-4-3-14(18)8-13(16)11-21;1-2-7-5-3-4-6-8(7)9(10)11/h4-11,14-15,22,28H,3,12-13,16-17H2,1-2H3;2-5,8-9,15,21H,6-7,10-11H2,1H3;3-6,10-11H,2H2,1H3/t22-;15-;/m00./s1. The zero-order chi connectivity index (χ0) is 44.0. The van der Waals surface area contributed by atoms with Crippen molar-refractivity contribution in [3.63, 3.8) is 0 Å². The first-order valence-electron chi connectivity index (χ1n) is 21.4. The number of nitrogens with zero attached hydrogens (tertiary/aromatic N) is 4. The number of aryl methyl sites for hydroxylation is 4. The summed E-state index contributed by atoms with van der Waals surface area (Å²) < 4.78 is 13.0. The number of pyridine rings is 2. The third-order valence-corrected chi connectivity index (χ3v) is 11.7. The third-order valence-electron chi connectivity index (χ3n) is 11.2. The van der Waals surface area contributed by atoms with Gasteiger partial charge in [-0.2, -0.15) is 0 Å². The van der Waals surface area contributed by atoms with Gasteiger partial charge in [-0.25, -0.2) is 9.97 Å². The average Bonchev–Trinajstić information content (AvgIpc) is 3.98. The first-order chi connectivity index (χ1) is 30.1. The zero-order valence-electron chi connectivity index (χ0n) is 36.1. The van der Waals surface area contributed by atoms with E-state index in [-0.39, 0.29) is 25.4 Å². The number of aromatic nitrogens is 2. The Morgan fingerprint density at radius 3 is 1.65 bits per heavy atom. The molecule has 2 saturated heterocycles. The molecule has 2 aliphatic rings. The number of halogens is 1. The molecule has 4 N–H and O–H groups in total. The maximum absolute atomic E-state index is 10.0. The normalized spacial score (nSPS) is 15.6.